The number of hydrogen-bond acceptors (Lipinski definition) is 3. The van der Waals surface area contributed by atoms with Gasteiger partial charge >= 0.3 is 0 Å². The van der Waals surface area contributed by atoms with Crippen molar-refractivity contribution in [2.45, 2.75) is 50.5 Å². The number of carbonyl (C=O) groups is 1. The normalized spacial score (nSPS) is 31.1. The minimum Gasteiger partial charge on any atom is -0.292 e. The highest BCUT2D eigenvalue weighted by molar-refractivity contribution is 6.28. The zero-order chi connectivity index (χ0) is 13.2. The first-order valence-corrected chi connectivity index (χ1v) is 7.38. The van der Waals surface area contributed by atoms with Crippen molar-refractivity contribution < 1.29 is 4.79 Å². The third-order valence-electron chi connectivity index (χ3n) is 5.01. The Kier molecular flexibility index (Phi) is 2.26. The lowest BCUT2D eigenvalue weighted by Crippen LogP contribution is -2.42. The number of hydrogen-bond donors (Lipinski definition) is 0. The van der Waals surface area contributed by atoms with Crippen molar-refractivity contribution in [3.63, 3.8) is 0 Å². The minimum atomic E-state index is -0.303. The first-order valence-electron chi connectivity index (χ1n) is 7.00. The quantitative estimate of drug-likeness (QED) is 0.742. The van der Waals surface area contributed by atoms with Crippen LogP contribution in [-0.2, 0) is 10.2 Å². The predicted octanol–water partition coefficient (Wildman–Crippen LogP) is 2.70. The SMILES string of the molecule is C[C@H]1CCC[C@@H]1N1C(=O)C2(CC2)c2cnc(Cl)nc21. The van der Waals surface area contributed by atoms with Gasteiger partial charge in [-0.15, -0.1) is 0 Å². The lowest BCUT2D eigenvalue weighted by Gasteiger charge is -2.28. The van der Waals surface area contributed by atoms with E-state index < -0.39 is 0 Å². The highest BCUT2D eigenvalue weighted by Gasteiger charge is 2.61. The summed E-state index contributed by atoms with van der Waals surface area (Å²) in [6, 6.07) is 0.289. The maximum absolute atomic E-state index is 12.8. The van der Waals surface area contributed by atoms with Gasteiger partial charge in [-0.3, -0.25) is 9.69 Å². The van der Waals surface area contributed by atoms with Crippen LogP contribution in [-0.4, -0.2) is 21.9 Å². The molecule has 1 aliphatic heterocycles. The molecule has 0 radical (unpaired) electrons. The van der Waals surface area contributed by atoms with Crippen molar-refractivity contribution in [2.24, 2.45) is 5.92 Å². The number of carbonyl (C=O) groups excluding carboxylic acids is 1. The molecule has 4 rings (SSSR count). The zero-order valence-electron chi connectivity index (χ0n) is 10.9. The molecule has 0 bridgehead atoms. The largest absolute Gasteiger partial charge is 0.292 e. The smallest absolute Gasteiger partial charge is 0.239 e. The van der Waals surface area contributed by atoms with Gasteiger partial charge < -0.3 is 0 Å². The predicted molar refractivity (Wildman–Crippen MR) is 72.2 cm³/mol. The average Bonchev–Trinajstić information content (AvgIpc) is 3.03. The van der Waals surface area contributed by atoms with Crippen molar-refractivity contribution in [3.05, 3.63) is 17.0 Å². The number of rotatable bonds is 1. The fourth-order valence-corrected chi connectivity index (χ4v) is 3.87. The van der Waals surface area contributed by atoms with Crippen LogP contribution >= 0.6 is 11.6 Å². The topological polar surface area (TPSA) is 46.1 Å². The molecule has 5 heteroatoms. The van der Waals surface area contributed by atoms with Crippen molar-refractivity contribution >= 4 is 23.3 Å². The Morgan fingerprint density at radius 1 is 1.42 bits per heavy atom. The maximum atomic E-state index is 12.8. The van der Waals surface area contributed by atoms with Gasteiger partial charge in [0.05, 0.1) is 5.41 Å². The second kappa shape index (κ2) is 3.69. The number of aromatic nitrogens is 2. The van der Waals surface area contributed by atoms with Crippen LogP contribution in [0, 0.1) is 5.92 Å². The molecule has 1 aromatic rings. The molecular weight excluding hydrogens is 262 g/mol. The molecule has 0 unspecified atom stereocenters. The highest BCUT2D eigenvalue weighted by Crippen LogP contribution is 2.58. The van der Waals surface area contributed by atoms with Gasteiger partial charge in [0.2, 0.25) is 11.2 Å². The summed E-state index contributed by atoms with van der Waals surface area (Å²) >= 11 is 5.93. The second-order valence-electron chi connectivity index (χ2n) is 6.11. The van der Waals surface area contributed by atoms with Gasteiger partial charge in [0, 0.05) is 17.8 Å². The van der Waals surface area contributed by atoms with Gasteiger partial charge in [0.1, 0.15) is 5.82 Å². The molecule has 0 saturated heterocycles. The summed E-state index contributed by atoms with van der Waals surface area (Å²) in [7, 11) is 0. The molecular formula is C14H16ClN3O. The lowest BCUT2D eigenvalue weighted by molar-refractivity contribution is -0.120. The molecule has 0 aromatic carbocycles. The first-order chi connectivity index (χ1) is 9.13. The highest BCUT2D eigenvalue weighted by atomic mass is 35.5. The molecule has 2 saturated carbocycles. The van der Waals surface area contributed by atoms with Crippen LogP contribution in [0.3, 0.4) is 0 Å². The van der Waals surface area contributed by atoms with E-state index in [4.69, 9.17) is 11.6 Å². The van der Waals surface area contributed by atoms with Crippen molar-refractivity contribution in [1.82, 2.24) is 9.97 Å². The van der Waals surface area contributed by atoms with Crippen LogP contribution in [0.25, 0.3) is 0 Å². The van der Waals surface area contributed by atoms with E-state index in [-0.39, 0.29) is 22.6 Å². The Morgan fingerprint density at radius 3 is 2.84 bits per heavy atom. The lowest BCUT2D eigenvalue weighted by atomic mass is 10.0. The molecule has 2 aliphatic carbocycles. The summed E-state index contributed by atoms with van der Waals surface area (Å²) in [5.41, 5.74) is 0.698. The molecule has 3 aliphatic rings. The van der Waals surface area contributed by atoms with E-state index in [1.165, 1.54) is 12.8 Å². The fraction of sp³-hybridized carbons (Fsp3) is 0.643. The Morgan fingerprint density at radius 2 is 2.21 bits per heavy atom. The Balaban J connectivity index is 1.84. The molecule has 1 spiro atoms. The molecule has 2 atom stereocenters. The molecule has 4 nitrogen and oxygen atoms in total. The van der Waals surface area contributed by atoms with Gasteiger partial charge in [0.25, 0.3) is 0 Å². The third kappa shape index (κ3) is 1.43. The Hall–Kier alpha value is -1.16. The van der Waals surface area contributed by atoms with E-state index in [1.54, 1.807) is 6.20 Å². The summed E-state index contributed by atoms with van der Waals surface area (Å²) in [4.78, 5) is 23.2. The van der Waals surface area contributed by atoms with Gasteiger partial charge in [-0.05, 0) is 43.2 Å². The van der Waals surface area contributed by atoms with Crippen LogP contribution in [0.5, 0.6) is 0 Å². The van der Waals surface area contributed by atoms with Crippen molar-refractivity contribution in [2.75, 3.05) is 4.90 Å². The average molecular weight is 278 g/mol. The van der Waals surface area contributed by atoms with Crippen molar-refractivity contribution in [1.29, 1.82) is 0 Å². The molecule has 19 heavy (non-hydrogen) atoms. The Bertz CT molecular complexity index is 570. The van der Waals surface area contributed by atoms with Gasteiger partial charge in [-0.2, -0.15) is 4.98 Å². The number of nitrogens with zero attached hydrogens (tertiary/aromatic N) is 3. The summed E-state index contributed by atoms with van der Waals surface area (Å²) in [5, 5.41) is 0.236. The van der Waals surface area contributed by atoms with Crippen LogP contribution < -0.4 is 4.90 Å². The zero-order valence-corrected chi connectivity index (χ0v) is 11.7. The van der Waals surface area contributed by atoms with E-state index in [2.05, 4.69) is 16.9 Å². The van der Waals surface area contributed by atoms with E-state index in [1.807, 2.05) is 4.90 Å². The van der Waals surface area contributed by atoms with E-state index >= 15 is 0 Å². The van der Waals surface area contributed by atoms with Gasteiger partial charge in [-0.1, -0.05) is 13.3 Å². The molecule has 100 valence electrons. The molecule has 1 amide bonds. The van der Waals surface area contributed by atoms with Crippen LogP contribution in [0.4, 0.5) is 5.82 Å². The van der Waals surface area contributed by atoms with Gasteiger partial charge in [0.15, 0.2) is 0 Å². The maximum Gasteiger partial charge on any atom is 0.239 e. The number of fused-ring (bicyclic) bond motifs is 2. The summed E-state index contributed by atoms with van der Waals surface area (Å²) in [6.07, 6.45) is 7.08. The monoisotopic (exact) mass is 277 g/mol. The molecule has 0 N–H and O–H groups in total. The van der Waals surface area contributed by atoms with Crippen molar-refractivity contribution in [3.8, 4) is 0 Å². The second-order valence-corrected chi connectivity index (χ2v) is 6.45. The molecule has 1 aromatic heterocycles. The van der Waals surface area contributed by atoms with E-state index in [0.717, 1.165) is 30.6 Å². The minimum absolute atomic E-state index is 0.234. The van der Waals surface area contributed by atoms with Crippen LogP contribution in [0.2, 0.25) is 5.28 Å². The van der Waals surface area contributed by atoms with Gasteiger partial charge in [-0.25, -0.2) is 4.98 Å². The number of amides is 1. The number of anilines is 1. The third-order valence-corrected chi connectivity index (χ3v) is 5.19. The van der Waals surface area contributed by atoms with E-state index in [0.29, 0.717) is 5.92 Å². The fourth-order valence-electron chi connectivity index (χ4n) is 3.74. The summed E-state index contributed by atoms with van der Waals surface area (Å²) in [5.74, 6) is 1.55. The summed E-state index contributed by atoms with van der Waals surface area (Å²) < 4.78 is 0. The Labute approximate surface area is 117 Å². The summed E-state index contributed by atoms with van der Waals surface area (Å²) in [6.45, 7) is 2.23. The standard InChI is InChI=1S/C14H16ClN3O/c1-8-3-2-4-10(8)18-11-9(7-16-13(15)17-11)14(5-6-14)12(18)19/h7-8,10H,2-6H2,1H3/t8-,10-/m0/s1. The van der Waals surface area contributed by atoms with Crippen LogP contribution in [0.15, 0.2) is 6.20 Å². The first kappa shape index (κ1) is 11.6. The van der Waals surface area contributed by atoms with Crippen LogP contribution in [0.1, 0.15) is 44.6 Å². The number of halogens is 1. The van der Waals surface area contributed by atoms with E-state index in [9.17, 15) is 4.79 Å². The molecule has 2 fully saturated rings. The molecule has 2 heterocycles.